The van der Waals surface area contributed by atoms with Crippen molar-refractivity contribution in [3.63, 3.8) is 0 Å². The van der Waals surface area contributed by atoms with Crippen LogP contribution in [-0.4, -0.2) is 29.8 Å². The van der Waals surface area contributed by atoms with E-state index in [0.717, 1.165) is 5.56 Å². The van der Waals surface area contributed by atoms with Crippen LogP contribution in [0.4, 0.5) is 0 Å². The molecule has 0 saturated carbocycles. The van der Waals surface area contributed by atoms with Gasteiger partial charge in [-0.05, 0) is 42.5 Å². The molecule has 6 nitrogen and oxygen atoms in total. The summed E-state index contributed by atoms with van der Waals surface area (Å²) in [6.45, 7) is -0.136. The fourth-order valence-electron chi connectivity index (χ4n) is 2.50. The van der Waals surface area contributed by atoms with Gasteiger partial charge in [-0.1, -0.05) is 12.1 Å². The lowest BCUT2D eigenvalue weighted by atomic mass is 10.1. The van der Waals surface area contributed by atoms with E-state index in [2.05, 4.69) is 5.10 Å². The van der Waals surface area contributed by atoms with Gasteiger partial charge in [0.15, 0.2) is 5.78 Å². The van der Waals surface area contributed by atoms with Crippen LogP contribution in [0.2, 0.25) is 0 Å². The van der Waals surface area contributed by atoms with Crippen LogP contribution in [0.3, 0.4) is 0 Å². The van der Waals surface area contributed by atoms with Gasteiger partial charge in [0.25, 0.3) is 5.56 Å². The van der Waals surface area contributed by atoms with Gasteiger partial charge in [-0.3, -0.25) is 9.59 Å². The fraction of sp³-hybridized carbons (Fsp3) is 0.150. The van der Waals surface area contributed by atoms with Crippen LogP contribution >= 0.6 is 0 Å². The number of ether oxygens (including phenoxy) is 2. The van der Waals surface area contributed by atoms with E-state index >= 15 is 0 Å². The standard InChI is InChI=1S/C20H18N2O4/c1-25-16-8-6-14(7-9-16)19(23)13-22-20(24)11-10-18(21-22)15-4-3-5-17(12-15)26-2/h3-12H,13H2,1-2H3. The zero-order valence-electron chi connectivity index (χ0n) is 14.5. The monoisotopic (exact) mass is 350 g/mol. The molecule has 0 atom stereocenters. The Morgan fingerprint density at radius 2 is 1.69 bits per heavy atom. The van der Waals surface area contributed by atoms with Crippen molar-refractivity contribution in [2.45, 2.75) is 6.54 Å². The highest BCUT2D eigenvalue weighted by Gasteiger charge is 2.11. The van der Waals surface area contributed by atoms with Crippen LogP contribution in [0.1, 0.15) is 10.4 Å². The number of hydrogen-bond acceptors (Lipinski definition) is 5. The van der Waals surface area contributed by atoms with E-state index in [4.69, 9.17) is 9.47 Å². The van der Waals surface area contributed by atoms with E-state index in [1.807, 2.05) is 24.3 Å². The van der Waals surface area contributed by atoms with Crippen molar-refractivity contribution in [2.75, 3.05) is 14.2 Å². The molecule has 0 aliphatic heterocycles. The van der Waals surface area contributed by atoms with Gasteiger partial charge in [-0.25, -0.2) is 4.68 Å². The van der Waals surface area contributed by atoms with Crippen LogP contribution in [0.25, 0.3) is 11.3 Å². The summed E-state index contributed by atoms with van der Waals surface area (Å²) < 4.78 is 11.5. The molecule has 3 aromatic rings. The van der Waals surface area contributed by atoms with E-state index in [1.54, 1.807) is 44.6 Å². The molecule has 132 valence electrons. The first-order chi connectivity index (χ1) is 12.6. The Labute approximate surface area is 150 Å². The van der Waals surface area contributed by atoms with Crippen LogP contribution in [0.15, 0.2) is 65.5 Å². The summed E-state index contributed by atoms with van der Waals surface area (Å²) in [5.74, 6) is 1.15. The van der Waals surface area contributed by atoms with Gasteiger partial charge < -0.3 is 9.47 Å². The molecule has 2 aromatic carbocycles. The minimum absolute atomic E-state index is 0.136. The number of nitrogens with zero attached hydrogens (tertiary/aromatic N) is 2. The normalized spacial score (nSPS) is 10.4. The molecule has 26 heavy (non-hydrogen) atoms. The molecule has 0 radical (unpaired) electrons. The van der Waals surface area contributed by atoms with Gasteiger partial charge in [0.1, 0.15) is 18.0 Å². The average molecular weight is 350 g/mol. The largest absolute Gasteiger partial charge is 0.497 e. The second kappa shape index (κ2) is 7.65. The molecule has 1 aromatic heterocycles. The lowest BCUT2D eigenvalue weighted by molar-refractivity contribution is 0.0966. The fourth-order valence-corrected chi connectivity index (χ4v) is 2.50. The Morgan fingerprint density at radius 1 is 0.962 bits per heavy atom. The zero-order chi connectivity index (χ0) is 18.5. The predicted molar refractivity (Wildman–Crippen MR) is 97.8 cm³/mol. The van der Waals surface area contributed by atoms with Crippen molar-refractivity contribution in [2.24, 2.45) is 0 Å². The molecule has 0 amide bonds. The number of carbonyl (C=O) groups excluding carboxylic acids is 1. The summed E-state index contributed by atoms with van der Waals surface area (Å²) in [6, 6.07) is 17.1. The summed E-state index contributed by atoms with van der Waals surface area (Å²) in [5.41, 5.74) is 1.55. The highest BCUT2D eigenvalue weighted by molar-refractivity contribution is 5.95. The Balaban J connectivity index is 1.87. The molecule has 0 unspecified atom stereocenters. The number of ketones is 1. The van der Waals surface area contributed by atoms with Crippen LogP contribution in [0.5, 0.6) is 11.5 Å². The maximum atomic E-state index is 12.5. The summed E-state index contributed by atoms with van der Waals surface area (Å²) in [5, 5.41) is 4.32. The van der Waals surface area contributed by atoms with Crippen LogP contribution in [0, 0.1) is 0 Å². The Kier molecular flexibility index (Phi) is 5.12. The quantitative estimate of drug-likeness (QED) is 0.639. The first-order valence-corrected chi connectivity index (χ1v) is 8.00. The van der Waals surface area contributed by atoms with E-state index in [0.29, 0.717) is 22.8 Å². The molecule has 3 rings (SSSR count). The molecule has 1 heterocycles. The molecule has 0 aliphatic carbocycles. The van der Waals surface area contributed by atoms with Crippen molar-refractivity contribution in [1.29, 1.82) is 0 Å². The zero-order valence-corrected chi connectivity index (χ0v) is 14.5. The maximum absolute atomic E-state index is 12.5. The van der Waals surface area contributed by atoms with Crippen molar-refractivity contribution in [3.8, 4) is 22.8 Å². The van der Waals surface area contributed by atoms with Gasteiger partial charge in [0.05, 0.1) is 19.9 Å². The number of benzene rings is 2. The second-order valence-electron chi connectivity index (χ2n) is 5.60. The summed E-state index contributed by atoms with van der Waals surface area (Å²) in [7, 11) is 3.14. The molecule has 6 heteroatoms. The van der Waals surface area contributed by atoms with Crippen molar-refractivity contribution < 1.29 is 14.3 Å². The van der Waals surface area contributed by atoms with Gasteiger partial charge >= 0.3 is 0 Å². The molecular formula is C20H18N2O4. The number of Topliss-reactive ketones (excluding diaryl/α,β-unsaturated/α-hetero) is 1. The van der Waals surface area contributed by atoms with Gasteiger partial charge in [0, 0.05) is 17.2 Å². The van der Waals surface area contributed by atoms with Crippen molar-refractivity contribution >= 4 is 5.78 Å². The number of methoxy groups -OCH3 is 2. The lowest BCUT2D eigenvalue weighted by Gasteiger charge is -2.08. The minimum Gasteiger partial charge on any atom is -0.497 e. The number of aromatic nitrogens is 2. The molecule has 0 bridgehead atoms. The number of hydrogen-bond donors (Lipinski definition) is 0. The molecule has 0 aliphatic rings. The highest BCUT2D eigenvalue weighted by atomic mass is 16.5. The number of carbonyl (C=O) groups is 1. The third-order valence-corrected chi connectivity index (χ3v) is 3.94. The van der Waals surface area contributed by atoms with Crippen LogP contribution in [-0.2, 0) is 6.54 Å². The van der Waals surface area contributed by atoms with E-state index < -0.39 is 0 Å². The maximum Gasteiger partial charge on any atom is 0.267 e. The van der Waals surface area contributed by atoms with E-state index in [-0.39, 0.29) is 17.9 Å². The van der Waals surface area contributed by atoms with Crippen LogP contribution < -0.4 is 15.0 Å². The topological polar surface area (TPSA) is 70.4 Å². The van der Waals surface area contributed by atoms with Gasteiger partial charge in [0.2, 0.25) is 0 Å². The molecule has 0 saturated heterocycles. The third kappa shape index (κ3) is 3.80. The smallest absolute Gasteiger partial charge is 0.267 e. The Bertz CT molecular complexity index is 978. The number of rotatable bonds is 6. The molecule has 0 fully saturated rings. The molecule has 0 spiro atoms. The minimum atomic E-state index is -0.335. The second-order valence-corrected chi connectivity index (χ2v) is 5.60. The molecule has 0 N–H and O–H groups in total. The highest BCUT2D eigenvalue weighted by Crippen LogP contribution is 2.21. The summed E-state index contributed by atoms with van der Waals surface area (Å²) in [4.78, 5) is 24.6. The SMILES string of the molecule is COc1ccc(C(=O)Cn2nc(-c3cccc(OC)c3)ccc2=O)cc1. The first-order valence-electron chi connectivity index (χ1n) is 8.00. The third-order valence-electron chi connectivity index (χ3n) is 3.94. The Morgan fingerprint density at radius 3 is 2.38 bits per heavy atom. The summed E-state index contributed by atoms with van der Waals surface area (Å²) in [6.07, 6.45) is 0. The Hall–Kier alpha value is -3.41. The van der Waals surface area contributed by atoms with Crippen molar-refractivity contribution in [1.82, 2.24) is 9.78 Å². The molecular weight excluding hydrogens is 332 g/mol. The summed E-state index contributed by atoms with van der Waals surface area (Å²) >= 11 is 0. The van der Waals surface area contributed by atoms with Gasteiger partial charge in [-0.2, -0.15) is 5.10 Å². The predicted octanol–water partition coefficient (Wildman–Crippen LogP) is 2.81. The first kappa shape index (κ1) is 17.4. The lowest BCUT2D eigenvalue weighted by Crippen LogP contribution is -2.26. The van der Waals surface area contributed by atoms with Crippen molar-refractivity contribution in [3.05, 3.63) is 76.6 Å². The average Bonchev–Trinajstić information content (AvgIpc) is 2.69. The van der Waals surface area contributed by atoms with E-state index in [9.17, 15) is 9.59 Å². The van der Waals surface area contributed by atoms with Gasteiger partial charge in [-0.15, -0.1) is 0 Å². The van der Waals surface area contributed by atoms with E-state index in [1.165, 1.54) is 10.7 Å².